The van der Waals surface area contributed by atoms with Crippen molar-refractivity contribution in [3.05, 3.63) is 17.8 Å². The molecule has 2 rings (SSSR count). The lowest BCUT2D eigenvalue weighted by molar-refractivity contribution is 0.0660. The predicted octanol–water partition coefficient (Wildman–Crippen LogP) is 1.73. The molecule has 0 unspecified atom stereocenters. The molecule has 6 nitrogen and oxygen atoms in total. The van der Waals surface area contributed by atoms with Gasteiger partial charge in [-0.05, 0) is 44.7 Å². The Morgan fingerprint density at radius 3 is 2.79 bits per heavy atom. The number of hydrogen-bond acceptors (Lipinski definition) is 5. The van der Waals surface area contributed by atoms with Crippen molar-refractivity contribution in [2.45, 2.75) is 32.1 Å². The molecule has 2 N–H and O–H groups in total. The van der Waals surface area contributed by atoms with Gasteiger partial charge in [0.15, 0.2) is 0 Å². The molecule has 0 saturated carbocycles. The minimum Gasteiger partial charge on any atom is -0.475 e. The van der Waals surface area contributed by atoms with E-state index in [1.807, 2.05) is 0 Å². The van der Waals surface area contributed by atoms with Gasteiger partial charge < -0.3 is 14.8 Å². The van der Waals surface area contributed by atoms with Crippen LogP contribution in [0.2, 0.25) is 0 Å². The SMILES string of the molecule is O=C(O)c1cnc(C(=O)CCCC2CCNCC2)o1. The lowest BCUT2D eigenvalue weighted by Gasteiger charge is -2.22. The summed E-state index contributed by atoms with van der Waals surface area (Å²) in [7, 11) is 0. The molecule has 0 aliphatic carbocycles. The van der Waals surface area contributed by atoms with E-state index in [1.165, 1.54) is 0 Å². The fourth-order valence-electron chi connectivity index (χ4n) is 2.33. The van der Waals surface area contributed by atoms with Gasteiger partial charge in [0.05, 0.1) is 6.20 Å². The van der Waals surface area contributed by atoms with Crippen molar-refractivity contribution in [1.82, 2.24) is 10.3 Å². The first-order valence-electron chi connectivity index (χ1n) is 6.60. The molecule has 104 valence electrons. The summed E-state index contributed by atoms with van der Waals surface area (Å²) in [4.78, 5) is 26.1. The minimum atomic E-state index is -1.21. The average Bonchev–Trinajstić information content (AvgIpc) is 2.89. The number of carbonyl (C=O) groups excluding carboxylic acids is 1. The highest BCUT2D eigenvalue weighted by molar-refractivity contribution is 5.93. The number of aromatic carboxylic acids is 1. The number of nitrogens with zero attached hydrogens (tertiary/aromatic N) is 1. The number of carboxylic acids is 1. The Bertz CT molecular complexity index is 449. The van der Waals surface area contributed by atoms with Gasteiger partial charge in [-0.25, -0.2) is 9.78 Å². The zero-order valence-electron chi connectivity index (χ0n) is 10.7. The Kier molecular flexibility index (Phi) is 4.68. The van der Waals surface area contributed by atoms with Crippen LogP contribution in [-0.2, 0) is 0 Å². The fraction of sp³-hybridized carbons (Fsp3) is 0.615. The number of piperidine rings is 1. The van der Waals surface area contributed by atoms with Crippen LogP contribution in [0.15, 0.2) is 10.6 Å². The van der Waals surface area contributed by atoms with E-state index in [2.05, 4.69) is 10.3 Å². The number of carboxylic acid groups (broad SMARTS) is 1. The second kappa shape index (κ2) is 6.47. The van der Waals surface area contributed by atoms with E-state index in [-0.39, 0.29) is 17.4 Å². The van der Waals surface area contributed by atoms with E-state index in [0.29, 0.717) is 12.3 Å². The maximum Gasteiger partial charge on any atom is 0.373 e. The van der Waals surface area contributed by atoms with Gasteiger partial charge in [-0.3, -0.25) is 4.79 Å². The van der Waals surface area contributed by atoms with Gasteiger partial charge in [-0.2, -0.15) is 0 Å². The van der Waals surface area contributed by atoms with Crippen molar-refractivity contribution in [2.24, 2.45) is 5.92 Å². The molecule has 0 amide bonds. The number of oxazole rings is 1. The summed E-state index contributed by atoms with van der Waals surface area (Å²) in [5, 5.41) is 12.0. The molecule has 1 fully saturated rings. The summed E-state index contributed by atoms with van der Waals surface area (Å²) in [5.74, 6) is -1.12. The number of nitrogens with one attached hydrogen (secondary N) is 1. The minimum absolute atomic E-state index is 0.0947. The summed E-state index contributed by atoms with van der Waals surface area (Å²) < 4.78 is 4.88. The molecule has 1 saturated heterocycles. The third kappa shape index (κ3) is 3.89. The van der Waals surface area contributed by atoms with Crippen molar-refractivity contribution < 1.29 is 19.1 Å². The summed E-state index contributed by atoms with van der Waals surface area (Å²) in [6.45, 7) is 2.11. The van der Waals surface area contributed by atoms with E-state index in [9.17, 15) is 9.59 Å². The molecule has 1 aliphatic rings. The third-order valence-electron chi connectivity index (χ3n) is 3.43. The van der Waals surface area contributed by atoms with Crippen molar-refractivity contribution in [3.63, 3.8) is 0 Å². The second-order valence-electron chi connectivity index (χ2n) is 4.84. The van der Waals surface area contributed by atoms with E-state index >= 15 is 0 Å². The average molecular weight is 266 g/mol. The predicted molar refractivity (Wildman–Crippen MR) is 67.2 cm³/mol. The highest BCUT2D eigenvalue weighted by Gasteiger charge is 2.18. The molecule has 1 aliphatic heterocycles. The zero-order chi connectivity index (χ0) is 13.7. The molecular weight excluding hydrogens is 248 g/mol. The second-order valence-corrected chi connectivity index (χ2v) is 4.84. The van der Waals surface area contributed by atoms with Crippen LogP contribution in [0.5, 0.6) is 0 Å². The lowest BCUT2D eigenvalue weighted by Crippen LogP contribution is -2.27. The lowest BCUT2D eigenvalue weighted by atomic mass is 9.92. The Labute approximate surface area is 111 Å². The van der Waals surface area contributed by atoms with Crippen LogP contribution in [0.1, 0.15) is 53.3 Å². The first-order chi connectivity index (χ1) is 9.16. The van der Waals surface area contributed by atoms with Crippen molar-refractivity contribution in [3.8, 4) is 0 Å². The standard InChI is InChI=1S/C13H18N2O4/c16-10(12-15-8-11(19-12)13(17)18)3-1-2-9-4-6-14-7-5-9/h8-9,14H,1-7H2,(H,17,18). The highest BCUT2D eigenvalue weighted by atomic mass is 16.4. The number of aromatic nitrogens is 1. The van der Waals surface area contributed by atoms with Crippen LogP contribution >= 0.6 is 0 Å². The van der Waals surface area contributed by atoms with Crippen molar-refractivity contribution in [1.29, 1.82) is 0 Å². The number of carbonyl (C=O) groups is 2. The summed E-state index contributed by atoms with van der Waals surface area (Å²) >= 11 is 0. The Hall–Kier alpha value is -1.69. The van der Waals surface area contributed by atoms with Crippen LogP contribution in [0.25, 0.3) is 0 Å². The van der Waals surface area contributed by atoms with Gasteiger partial charge in [-0.15, -0.1) is 0 Å². The molecule has 2 heterocycles. The molecule has 0 radical (unpaired) electrons. The first-order valence-corrected chi connectivity index (χ1v) is 6.60. The number of Topliss-reactive ketones (excluding diaryl/α,β-unsaturated/α-hetero) is 1. The highest BCUT2D eigenvalue weighted by Crippen LogP contribution is 2.19. The summed E-state index contributed by atoms with van der Waals surface area (Å²) in [5.41, 5.74) is 0. The first kappa shape index (κ1) is 13.7. The van der Waals surface area contributed by atoms with Crippen molar-refractivity contribution in [2.75, 3.05) is 13.1 Å². The quantitative estimate of drug-likeness (QED) is 0.762. The van der Waals surface area contributed by atoms with Crippen LogP contribution in [0.4, 0.5) is 0 Å². The van der Waals surface area contributed by atoms with Gasteiger partial charge in [0.2, 0.25) is 11.5 Å². The Balaban J connectivity index is 1.75. The van der Waals surface area contributed by atoms with Crippen LogP contribution in [-0.4, -0.2) is 34.9 Å². The largest absolute Gasteiger partial charge is 0.475 e. The number of hydrogen-bond donors (Lipinski definition) is 2. The van der Waals surface area contributed by atoms with Crippen LogP contribution in [0.3, 0.4) is 0 Å². The van der Waals surface area contributed by atoms with Crippen molar-refractivity contribution >= 4 is 11.8 Å². The molecule has 0 spiro atoms. The van der Waals surface area contributed by atoms with E-state index in [0.717, 1.165) is 45.0 Å². The smallest absolute Gasteiger partial charge is 0.373 e. The number of ketones is 1. The molecule has 1 aromatic heterocycles. The number of rotatable bonds is 6. The fourth-order valence-corrected chi connectivity index (χ4v) is 2.33. The van der Waals surface area contributed by atoms with Crippen LogP contribution < -0.4 is 5.32 Å². The Morgan fingerprint density at radius 2 is 2.16 bits per heavy atom. The van der Waals surface area contributed by atoms with Gasteiger partial charge in [-0.1, -0.05) is 0 Å². The van der Waals surface area contributed by atoms with Gasteiger partial charge in [0, 0.05) is 6.42 Å². The van der Waals surface area contributed by atoms with E-state index in [4.69, 9.17) is 9.52 Å². The molecule has 19 heavy (non-hydrogen) atoms. The zero-order valence-corrected chi connectivity index (χ0v) is 10.7. The van der Waals surface area contributed by atoms with Gasteiger partial charge in [0.1, 0.15) is 0 Å². The molecular formula is C13H18N2O4. The van der Waals surface area contributed by atoms with E-state index < -0.39 is 5.97 Å². The topological polar surface area (TPSA) is 92.4 Å². The third-order valence-corrected chi connectivity index (χ3v) is 3.43. The summed E-state index contributed by atoms with van der Waals surface area (Å²) in [6.07, 6.45) is 5.59. The molecule has 0 aromatic carbocycles. The maximum absolute atomic E-state index is 11.8. The van der Waals surface area contributed by atoms with Gasteiger partial charge in [0.25, 0.3) is 5.89 Å². The molecule has 6 heteroatoms. The molecule has 0 bridgehead atoms. The van der Waals surface area contributed by atoms with Crippen LogP contribution in [0, 0.1) is 5.92 Å². The van der Waals surface area contributed by atoms with Gasteiger partial charge >= 0.3 is 5.97 Å². The maximum atomic E-state index is 11.8. The van der Waals surface area contributed by atoms with E-state index in [1.54, 1.807) is 0 Å². The Morgan fingerprint density at radius 1 is 1.42 bits per heavy atom. The molecule has 1 aromatic rings. The summed E-state index contributed by atoms with van der Waals surface area (Å²) in [6, 6.07) is 0. The monoisotopic (exact) mass is 266 g/mol. The molecule has 0 atom stereocenters. The normalized spacial score (nSPS) is 16.4.